The Balaban J connectivity index is 1.59. The summed E-state index contributed by atoms with van der Waals surface area (Å²) in [5.74, 6) is 1.77. The van der Waals surface area contributed by atoms with Crippen LogP contribution in [0.2, 0.25) is 0 Å². The van der Waals surface area contributed by atoms with E-state index in [4.69, 9.17) is 17.0 Å². The zero-order chi connectivity index (χ0) is 15.4. The molecular formula is C18H26N2OS. The Morgan fingerprint density at radius 2 is 2.09 bits per heavy atom. The third-order valence-corrected chi connectivity index (χ3v) is 5.49. The number of rotatable bonds is 6. The molecule has 0 spiro atoms. The number of hydrogen-bond donors (Lipinski definition) is 1. The number of thiocarbonyl (C=S) groups is 1. The van der Waals surface area contributed by atoms with Crippen LogP contribution in [0.1, 0.15) is 31.2 Å². The standard InChI is InChI=1S/C18H26N2OS/c1-21-10-9-20(13-14-5-3-2-4-6-14)18(22)19-17-12-15-7-8-16(17)11-15/h2-6,15-17H,7-13H2,1H3,(H,19,22)/t15-,16+,17+/m0/s1. The molecule has 0 saturated heterocycles. The molecule has 2 fully saturated rings. The van der Waals surface area contributed by atoms with E-state index in [-0.39, 0.29) is 0 Å². The molecule has 22 heavy (non-hydrogen) atoms. The molecule has 0 unspecified atom stereocenters. The first-order valence-corrected chi connectivity index (χ1v) is 8.75. The number of nitrogens with zero attached hydrogens (tertiary/aromatic N) is 1. The topological polar surface area (TPSA) is 24.5 Å². The van der Waals surface area contributed by atoms with Gasteiger partial charge >= 0.3 is 0 Å². The fraction of sp³-hybridized carbons (Fsp3) is 0.611. The van der Waals surface area contributed by atoms with Gasteiger partial charge in [-0.05, 0) is 48.9 Å². The van der Waals surface area contributed by atoms with Gasteiger partial charge in [-0.15, -0.1) is 0 Å². The molecule has 0 amide bonds. The van der Waals surface area contributed by atoms with Crippen molar-refractivity contribution >= 4 is 17.3 Å². The average molecular weight is 318 g/mol. The third kappa shape index (κ3) is 3.79. The fourth-order valence-electron chi connectivity index (χ4n) is 3.93. The highest BCUT2D eigenvalue weighted by Crippen LogP contribution is 2.44. The van der Waals surface area contributed by atoms with Gasteiger partial charge in [0.2, 0.25) is 0 Å². The van der Waals surface area contributed by atoms with Crippen LogP contribution in [-0.2, 0) is 11.3 Å². The van der Waals surface area contributed by atoms with E-state index in [0.717, 1.165) is 30.0 Å². The Bertz CT molecular complexity index is 493. The molecule has 4 heteroatoms. The molecule has 2 aliphatic carbocycles. The molecule has 3 atom stereocenters. The highest BCUT2D eigenvalue weighted by atomic mass is 32.1. The normalized spacial score (nSPS) is 26.1. The Kier molecular flexibility index (Phi) is 5.32. The largest absolute Gasteiger partial charge is 0.383 e. The molecule has 0 heterocycles. The average Bonchev–Trinajstić information content (AvgIpc) is 3.15. The molecular weight excluding hydrogens is 292 g/mol. The summed E-state index contributed by atoms with van der Waals surface area (Å²) in [7, 11) is 1.74. The van der Waals surface area contributed by atoms with Crippen molar-refractivity contribution in [2.75, 3.05) is 20.3 Å². The van der Waals surface area contributed by atoms with Crippen LogP contribution >= 0.6 is 12.2 Å². The predicted octanol–water partition coefficient (Wildman–Crippen LogP) is 3.20. The first kappa shape index (κ1) is 15.8. The summed E-state index contributed by atoms with van der Waals surface area (Å²) >= 11 is 5.70. The van der Waals surface area contributed by atoms with E-state index < -0.39 is 0 Å². The third-order valence-electron chi connectivity index (χ3n) is 5.12. The van der Waals surface area contributed by atoms with Crippen molar-refractivity contribution < 1.29 is 4.74 Å². The highest BCUT2D eigenvalue weighted by Gasteiger charge is 2.39. The minimum Gasteiger partial charge on any atom is -0.383 e. The molecule has 1 aromatic carbocycles. The number of ether oxygens (including phenoxy) is 1. The second-order valence-corrected chi connectivity index (χ2v) is 7.02. The van der Waals surface area contributed by atoms with Crippen LogP contribution in [-0.4, -0.2) is 36.3 Å². The van der Waals surface area contributed by atoms with E-state index in [1.54, 1.807) is 7.11 Å². The maximum absolute atomic E-state index is 5.70. The van der Waals surface area contributed by atoms with Crippen molar-refractivity contribution in [3.05, 3.63) is 35.9 Å². The first-order valence-electron chi connectivity index (χ1n) is 8.34. The summed E-state index contributed by atoms with van der Waals surface area (Å²) in [5.41, 5.74) is 1.29. The lowest BCUT2D eigenvalue weighted by molar-refractivity contribution is 0.173. The van der Waals surface area contributed by atoms with Crippen molar-refractivity contribution in [3.8, 4) is 0 Å². The van der Waals surface area contributed by atoms with Gasteiger partial charge in [0.15, 0.2) is 5.11 Å². The second-order valence-electron chi connectivity index (χ2n) is 6.63. The molecule has 3 nitrogen and oxygen atoms in total. The monoisotopic (exact) mass is 318 g/mol. The lowest BCUT2D eigenvalue weighted by Crippen LogP contribution is -2.47. The Hall–Kier alpha value is -1.13. The number of methoxy groups -OCH3 is 1. The molecule has 1 N–H and O–H groups in total. The molecule has 2 aliphatic rings. The number of nitrogens with one attached hydrogen (secondary N) is 1. The highest BCUT2D eigenvalue weighted by molar-refractivity contribution is 7.80. The first-order chi connectivity index (χ1) is 10.8. The van der Waals surface area contributed by atoms with Gasteiger partial charge in [0, 0.05) is 26.2 Å². The minimum atomic E-state index is 0.590. The molecule has 120 valence electrons. The van der Waals surface area contributed by atoms with Gasteiger partial charge < -0.3 is 15.0 Å². The van der Waals surface area contributed by atoms with Gasteiger partial charge in [-0.1, -0.05) is 36.8 Å². The SMILES string of the molecule is COCCN(Cc1ccccc1)C(=S)N[C@@H]1C[C@H]2CC[C@@H]1C2. The summed E-state index contributed by atoms with van der Waals surface area (Å²) in [6.45, 7) is 2.38. The van der Waals surface area contributed by atoms with Crippen molar-refractivity contribution in [1.82, 2.24) is 10.2 Å². The van der Waals surface area contributed by atoms with E-state index in [9.17, 15) is 0 Å². The molecule has 0 aromatic heterocycles. The van der Waals surface area contributed by atoms with E-state index in [1.807, 2.05) is 0 Å². The summed E-state index contributed by atoms with van der Waals surface area (Å²) in [6, 6.07) is 11.1. The van der Waals surface area contributed by atoms with E-state index in [2.05, 4.69) is 40.5 Å². The zero-order valence-electron chi connectivity index (χ0n) is 13.3. The zero-order valence-corrected chi connectivity index (χ0v) is 14.1. The van der Waals surface area contributed by atoms with Gasteiger partial charge in [0.25, 0.3) is 0 Å². The fourth-order valence-corrected chi connectivity index (χ4v) is 4.24. The number of benzene rings is 1. The number of hydrogen-bond acceptors (Lipinski definition) is 2. The Morgan fingerprint density at radius 3 is 2.73 bits per heavy atom. The minimum absolute atomic E-state index is 0.590. The quantitative estimate of drug-likeness (QED) is 0.814. The summed E-state index contributed by atoms with van der Waals surface area (Å²) < 4.78 is 5.25. The Morgan fingerprint density at radius 1 is 1.27 bits per heavy atom. The van der Waals surface area contributed by atoms with Crippen molar-refractivity contribution in [2.45, 2.75) is 38.3 Å². The molecule has 2 saturated carbocycles. The van der Waals surface area contributed by atoms with E-state index >= 15 is 0 Å². The Labute approximate surface area is 139 Å². The predicted molar refractivity (Wildman–Crippen MR) is 93.7 cm³/mol. The van der Waals surface area contributed by atoms with Crippen LogP contribution in [0, 0.1) is 11.8 Å². The van der Waals surface area contributed by atoms with E-state index in [0.29, 0.717) is 12.6 Å². The molecule has 0 radical (unpaired) electrons. The van der Waals surface area contributed by atoms with Crippen molar-refractivity contribution in [3.63, 3.8) is 0 Å². The maximum Gasteiger partial charge on any atom is 0.169 e. The van der Waals surface area contributed by atoms with Gasteiger partial charge in [-0.3, -0.25) is 0 Å². The maximum atomic E-state index is 5.70. The van der Waals surface area contributed by atoms with Gasteiger partial charge in [-0.2, -0.15) is 0 Å². The van der Waals surface area contributed by atoms with Crippen LogP contribution < -0.4 is 5.32 Å². The summed E-state index contributed by atoms with van der Waals surface area (Å²) in [5, 5.41) is 4.53. The molecule has 1 aromatic rings. The molecule has 3 rings (SSSR count). The van der Waals surface area contributed by atoms with Crippen LogP contribution in [0.25, 0.3) is 0 Å². The second kappa shape index (κ2) is 7.42. The lowest BCUT2D eigenvalue weighted by Gasteiger charge is -2.31. The molecule has 2 bridgehead atoms. The summed E-state index contributed by atoms with van der Waals surface area (Å²) in [6.07, 6.45) is 5.50. The number of fused-ring (bicyclic) bond motifs is 2. The summed E-state index contributed by atoms with van der Waals surface area (Å²) in [4.78, 5) is 2.24. The van der Waals surface area contributed by atoms with Gasteiger partial charge in [0.1, 0.15) is 0 Å². The van der Waals surface area contributed by atoms with Crippen LogP contribution in [0.3, 0.4) is 0 Å². The van der Waals surface area contributed by atoms with Crippen molar-refractivity contribution in [2.24, 2.45) is 11.8 Å². The molecule has 0 aliphatic heterocycles. The van der Waals surface area contributed by atoms with Gasteiger partial charge in [0.05, 0.1) is 6.61 Å². The van der Waals surface area contributed by atoms with Gasteiger partial charge in [-0.25, -0.2) is 0 Å². The lowest BCUT2D eigenvalue weighted by atomic mass is 9.95. The van der Waals surface area contributed by atoms with E-state index in [1.165, 1.54) is 31.2 Å². The van der Waals surface area contributed by atoms with Crippen molar-refractivity contribution in [1.29, 1.82) is 0 Å². The van der Waals surface area contributed by atoms with Crippen LogP contribution in [0.15, 0.2) is 30.3 Å². The van der Waals surface area contributed by atoms with Crippen LogP contribution in [0.4, 0.5) is 0 Å². The van der Waals surface area contributed by atoms with Crippen LogP contribution in [0.5, 0.6) is 0 Å². The smallest absolute Gasteiger partial charge is 0.169 e.